The molecule has 0 aliphatic carbocycles. The molecule has 0 saturated carbocycles. The summed E-state index contributed by atoms with van der Waals surface area (Å²) < 4.78 is 3.20. The highest BCUT2D eigenvalue weighted by molar-refractivity contribution is 14.1. The number of nitrogens with zero attached hydrogens (tertiary/aromatic N) is 2. The number of hydrogen-bond donors (Lipinski definition) is 1. The van der Waals surface area contributed by atoms with Gasteiger partial charge in [0.15, 0.2) is 0 Å². The lowest BCUT2D eigenvalue weighted by Crippen LogP contribution is -2.08. The molecule has 0 spiro atoms. The van der Waals surface area contributed by atoms with Gasteiger partial charge in [-0.05, 0) is 54.1 Å². The number of unbranched alkanes of at least 4 members (excludes halogenated alkanes) is 1. The van der Waals surface area contributed by atoms with E-state index < -0.39 is 0 Å². The van der Waals surface area contributed by atoms with Crippen LogP contribution in [0.2, 0.25) is 5.02 Å². The lowest BCUT2D eigenvalue weighted by Gasteiger charge is -2.11. The molecule has 0 radical (unpaired) electrons. The maximum atomic E-state index is 6.01. The van der Waals surface area contributed by atoms with Gasteiger partial charge in [-0.2, -0.15) is 0 Å². The molecule has 0 saturated heterocycles. The Hall–Kier alpha value is -0.750. The average molecular weight is 390 g/mol. The summed E-state index contributed by atoms with van der Waals surface area (Å²) in [7, 11) is 0. The monoisotopic (exact) mass is 389 g/mol. The van der Waals surface area contributed by atoms with E-state index in [1.807, 2.05) is 31.3 Å². The Balaban J connectivity index is 2.32. The maximum Gasteiger partial charge on any atom is 0.207 e. The predicted octanol–water partition coefficient (Wildman–Crippen LogP) is 4.65. The van der Waals surface area contributed by atoms with Crippen LogP contribution in [-0.4, -0.2) is 16.1 Å². The summed E-state index contributed by atoms with van der Waals surface area (Å²) in [5, 5.41) is 4.15. The zero-order valence-corrected chi connectivity index (χ0v) is 14.0. The highest BCUT2D eigenvalue weighted by Crippen LogP contribution is 2.24. The summed E-state index contributed by atoms with van der Waals surface area (Å²) in [5.74, 6) is 0.895. The summed E-state index contributed by atoms with van der Waals surface area (Å²) in [5.41, 5.74) is 2.11. The molecule has 102 valence electrons. The van der Waals surface area contributed by atoms with Crippen LogP contribution in [0, 0.1) is 10.5 Å². The van der Waals surface area contributed by atoms with Crippen molar-refractivity contribution in [2.24, 2.45) is 0 Å². The van der Waals surface area contributed by atoms with E-state index in [0.717, 1.165) is 38.9 Å². The first-order valence-corrected chi connectivity index (χ1v) is 7.82. The van der Waals surface area contributed by atoms with Crippen LogP contribution < -0.4 is 5.32 Å². The van der Waals surface area contributed by atoms with E-state index in [0.29, 0.717) is 0 Å². The zero-order valence-electron chi connectivity index (χ0n) is 11.1. The second-order valence-corrected chi connectivity index (χ2v) is 6.05. The second-order valence-electron chi connectivity index (χ2n) is 4.45. The van der Waals surface area contributed by atoms with Gasteiger partial charge in [0.25, 0.3) is 0 Å². The van der Waals surface area contributed by atoms with Gasteiger partial charge in [0.1, 0.15) is 0 Å². The van der Waals surface area contributed by atoms with Crippen molar-refractivity contribution in [2.75, 3.05) is 11.9 Å². The molecule has 3 nitrogen and oxygen atoms in total. The van der Waals surface area contributed by atoms with Gasteiger partial charge in [0.2, 0.25) is 5.95 Å². The van der Waals surface area contributed by atoms with Gasteiger partial charge in [-0.1, -0.05) is 24.9 Å². The summed E-state index contributed by atoms with van der Waals surface area (Å²) in [6, 6.07) is 5.89. The van der Waals surface area contributed by atoms with Gasteiger partial charge in [0, 0.05) is 21.3 Å². The number of anilines is 1. The summed E-state index contributed by atoms with van der Waals surface area (Å²) in [6.07, 6.45) is 4.36. The van der Waals surface area contributed by atoms with E-state index in [4.69, 9.17) is 11.6 Å². The van der Waals surface area contributed by atoms with E-state index in [2.05, 4.69) is 44.4 Å². The Kier molecular flexibility index (Phi) is 5.10. The minimum Gasteiger partial charge on any atom is -0.355 e. The molecule has 0 bridgehead atoms. The molecule has 1 heterocycles. The van der Waals surface area contributed by atoms with Crippen LogP contribution in [-0.2, 0) is 0 Å². The number of aryl methyl sites for hydroxylation is 1. The molecular formula is C14H17ClIN3. The summed E-state index contributed by atoms with van der Waals surface area (Å²) in [6.45, 7) is 5.13. The quantitative estimate of drug-likeness (QED) is 0.596. The third kappa shape index (κ3) is 3.63. The molecule has 19 heavy (non-hydrogen) atoms. The molecular weight excluding hydrogens is 373 g/mol. The molecule has 1 aromatic heterocycles. The third-order valence-corrected chi connectivity index (χ3v) is 3.91. The van der Waals surface area contributed by atoms with Crippen LogP contribution in [0.3, 0.4) is 0 Å². The molecule has 0 aliphatic heterocycles. The van der Waals surface area contributed by atoms with Crippen molar-refractivity contribution in [3.05, 3.63) is 38.7 Å². The van der Waals surface area contributed by atoms with E-state index in [1.54, 1.807) is 0 Å². The molecule has 1 N–H and O–H groups in total. The van der Waals surface area contributed by atoms with Crippen molar-refractivity contribution in [1.29, 1.82) is 0 Å². The van der Waals surface area contributed by atoms with Crippen LogP contribution in [0.25, 0.3) is 5.69 Å². The lowest BCUT2D eigenvalue weighted by molar-refractivity contribution is 0.823. The van der Waals surface area contributed by atoms with Gasteiger partial charge in [-0.25, -0.2) is 4.98 Å². The number of rotatable bonds is 5. The fourth-order valence-electron chi connectivity index (χ4n) is 1.86. The van der Waals surface area contributed by atoms with Crippen LogP contribution in [0.5, 0.6) is 0 Å². The Morgan fingerprint density at radius 3 is 2.89 bits per heavy atom. The Bertz CT molecular complexity index is 566. The zero-order chi connectivity index (χ0) is 13.8. The predicted molar refractivity (Wildman–Crippen MR) is 89.4 cm³/mol. The molecule has 0 aliphatic rings. The maximum absolute atomic E-state index is 6.01. The minimum absolute atomic E-state index is 0.755. The average Bonchev–Trinajstić information content (AvgIpc) is 2.71. The number of halogens is 2. The van der Waals surface area contributed by atoms with Crippen molar-refractivity contribution >= 4 is 40.1 Å². The fraction of sp³-hybridized carbons (Fsp3) is 0.357. The Morgan fingerprint density at radius 1 is 1.42 bits per heavy atom. The number of nitrogens with one attached hydrogen (secondary N) is 1. The molecule has 2 rings (SSSR count). The number of hydrogen-bond acceptors (Lipinski definition) is 2. The highest BCUT2D eigenvalue weighted by Gasteiger charge is 2.10. The smallest absolute Gasteiger partial charge is 0.207 e. The van der Waals surface area contributed by atoms with E-state index >= 15 is 0 Å². The first kappa shape index (κ1) is 14.7. The molecule has 0 unspecified atom stereocenters. The summed E-state index contributed by atoms with van der Waals surface area (Å²) >= 11 is 8.31. The third-order valence-electron chi connectivity index (χ3n) is 2.81. The van der Waals surface area contributed by atoms with E-state index in [-0.39, 0.29) is 0 Å². The molecule has 5 heteroatoms. The first-order valence-electron chi connectivity index (χ1n) is 6.37. The van der Waals surface area contributed by atoms with E-state index in [9.17, 15) is 0 Å². The first-order chi connectivity index (χ1) is 9.11. The van der Waals surface area contributed by atoms with Crippen molar-refractivity contribution in [3.8, 4) is 5.69 Å². The highest BCUT2D eigenvalue weighted by atomic mass is 127. The van der Waals surface area contributed by atoms with Crippen LogP contribution >= 0.6 is 34.2 Å². The van der Waals surface area contributed by atoms with Gasteiger partial charge in [-0.15, -0.1) is 0 Å². The van der Waals surface area contributed by atoms with Gasteiger partial charge in [-0.3, -0.25) is 4.57 Å². The molecule has 0 atom stereocenters. The van der Waals surface area contributed by atoms with Gasteiger partial charge in [0.05, 0.1) is 11.4 Å². The van der Waals surface area contributed by atoms with Crippen LogP contribution in [0.4, 0.5) is 5.95 Å². The molecule has 0 fully saturated rings. The standard InChI is InChI=1S/C14H17ClIN3/c1-3-4-7-17-14-18-10(2)9-19(14)13-6-5-11(15)8-12(13)16/h5-6,8-9H,3-4,7H2,1-2H3,(H,17,18). The minimum atomic E-state index is 0.755. The Labute approximate surface area is 132 Å². The van der Waals surface area contributed by atoms with Crippen molar-refractivity contribution in [2.45, 2.75) is 26.7 Å². The lowest BCUT2D eigenvalue weighted by atomic mass is 10.3. The van der Waals surface area contributed by atoms with Crippen molar-refractivity contribution < 1.29 is 0 Å². The largest absolute Gasteiger partial charge is 0.355 e. The topological polar surface area (TPSA) is 29.9 Å². The van der Waals surface area contributed by atoms with Crippen molar-refractivity contribution in [1.82, 2.24) is 9.55 Å². The summed E-state index contributed by atoms with van der Waals surface area (Å²) in [4.78, 5) is 4.54. The molecule has 2 aromatic rings. The number of imidazole rings is 1. The number of aromatic nitrogens is 2. The molecule has 1 aromatic carbocycles. The normalized spacial score (nSPS) is 10.7. The van der Waals surface area contributed by atoms with Crippen LogP contribution in [0.15, 0.2) is 24.4 Å². The van der Waals surface area contributed by atoms with Crippen LogP contribution in [0.1, 0.15) is 25.5 Å². The van der Waals surface area contributed by atoms with E-state index in [1.165, 1.54) is 6.42 Å². The van der Waals surface area contributed by atoms with Gasteiger partial charge < -0.3 is 5.32 Å². The molecule has 0 amide bonds. The van der Waals surface area contributed by atoms with Crippen molar-refractivity contribution in [3.63, 3.8) is 0 Å². The number of benzene rings is 1. The Morgan fingerprint density at radius 2 is 2.21 bits per heavy atom. The fourth-order valence-corrected chi connectivity index (χ4v) is 2.99. The van der Waals surface area contributed by atoms with Gasteiger partial charge >= 0.3 is 0 Å². The SMILES string of the molecule is CCCCNc1nc(C)cn1-c1ccc(Cl)cc1I. The second kappa shape index (κ2) is 6.61.